The summed E-state index contributed by atoms with van der Waals surface area (Å²) in [6, 6.07) is 0. The molecule has 1 aliphatic carbocycles. The van der Waals surface area contributed by atoms with E-state index in [0.717, 1.165) is 0 Å². The van der Waals surface area contributed by atoms with Crippen LogP contribution in [0.1, 0.15) is 12.8 Å². The number of carbonyl (C=O) groups excluding carboxylic acids is 1. The van der Waals surface area contributed by atoms with Crippen molar-refractivity contribution in [2.75, 3.05) is 0 Å². The first-order chi connectivity index (χ1) is 5.12. The zero-order valence-electron chi connectivity index (χ0n) is 5.86. The first-order valence-electron chi connectivity index (χ1n) is 3.57. The Kier molecular flexibility index (Phi) is 1.25. The van der Waals surface area contributed by atoms with E-state index in [1.54, 1.807) is 0 Å². The molecule has 11 heavy (non-hydrogen) atoms. The number of rotatable bonds is 0. The highest BCUT2D eigenvalue weighted by Crippen LogP contribution is 2.37. The molecule has 2 rings (SSSR count). The maximum Gasteiger partial charge on any atom is 0.338 e. The Morgan fingerprint density at radius 1 is 1.73 bits per heavy atom. The van der Waals surface area contributed by atoms with Crippen LogP contribution in [0.5, 0.6) is 0 Å². The van der Waals surface area contributed by atoms with Gasteiger partial charge in [0.2, 0.25) is 0 Å². The van der Waals surface area contributed by atoms with Crippen LogP contribution in [0.15, 0.2) is 0 Å². The van der Waals surface area contributed by atoms with Gasteiger partial charge in [0.15, 0.2) is 5.60 Å². The Bertz CT molecular complexity index is 203. The van der Waals surface area contributed by atoms with Gasteiger partial charge in [0.25, 0.3) is 0 Å². The van der Waals surface area contributed by atoms with E-state index >= 15 is 0 Å². The van der Waals surface area contributed by atoms with Crippen LogP contribution in [-0.4, -0.2) is 34.0 Å². The molecule has 1 aliphatic heterocycles. The van der Waals surface area contributed by atoms with Crippen LogP contribution in [0.3, 0.4) is 0 Å². The number of hydrogen-bond donors (Lipinski definition) is 2. The molecule has 2 bridgehead atoms. The van der Waals surface area contributed by atoms with E-state index in [1.807, 2.05) is 0 Å². The van der Waals surface area contributed by atoms with Crippen molar-refractivity contribution >= 4 is 5.97 Å². The minimum atomic E-state index is -1.34. The van der Waals surface area contributed by atoms with Gasteiger partial charge in [0, 0.05) is 6.42 Å². The zero-order valence-corrected chi connectivity index (χ0v) is 5.86. The summed E-state index contributed by atoms with van der Waals surface area (Å²) in [4.78, 5) is 10.9. The van der Waals surface area contributed by atoms with Crippen LogP contribution in [0, 0.1) is 6.42 Å². The molecule has 0 aromatic rings. The highest BCUT2D eigenvalue weighted by molar-refractivity contribution is 5.82. The van der Waals surface area contributed by atoms with Crippen LogP contribution in [0.4, 0.5) is 0 Å². The fourth-order valence-electron chi connectivity index (χ4n) is 1.53. The predicted molar refractivity (Wildman–Crippen MR) is 34.4 cm³/mol. The lowest BCUT2D eigenvalue weighted by Crippen LogP contribution is -2.40. The Morgan fingerprint density at radius 2 is 2.45 bits per heavy atom. The normalized spacial score (nSPS) is 49.1. The van der Waals surface area contributed by atoms with Gasteiger partial charge < -0.3 is 14.9 Å². The first-order valence-corrected chi connectivity index (χ1v) is 3.57. The third kappa shape index (κ3) is 0.862. The van der Waals surface area contributed by atoms with Crippen LogP contribution in [0.2, 0.25) is 0 Å². The average molecular weight is 157 g/mol. The van der Waals surface area contributed by atoms with Crippen LogP contribution in [0.25, 0.3) is 0 Å². The summed E-state index contributed by atoms with van der Waals surface area (Å²) in [5.74, 6) is -0.602. The molecule has 0 spiro atoms. The summed E-state index contributed by atoms with van der Waals surface area (Å²) in [6.07, 6.45) is 0.703. The van der Waals surface area contributed by atoms with Gasteiger partial charge in [-0.2, -0.15) is 0 Å². The maximum atomic E-state index is 10.9. The molecule has 2 fully saturated rings. The number of ether oxygens (including phenoxy) is 1. The third-order valence-electron chi connectivity index (χ3n) is 2.26. The van der Waals surface area contributed by atoms with Crippen molar-refractivity contribution in [3.05, 3.63) is 6.42 Å². The van der Waals surface area contributed by atoms with Crippen molar-refractivity contribution in [1.29, 1.82) is 0 Å². The standard InChI is InChI=1S/C7H9O4/c8-4-1-2-7(10)3-5(4)11-6(7)9/h1,4-5,8,10H,2-3H2/t4-,5-,7-/m1/s1. The number of aliphatic hydroxyl groups excluding tert-OH is 1. The minimum Gasteiger partial charge on any atom is -0.457 e. The van der Waals surface area contributed by atoms with Gasteiger partial charge >= 0.3 is 5.97 Å². The maximum absolute atomic E-state index is 10.9. The second-order valence-electron chi connectivity index (χ2n) is 3.11. The average Bonchev–Trinajstić information content (AvgIpc) is 2.20. The second-order valence-corrected chi connectivity index (χ2v) is 3.11. The largest absolute Gasteiger partial charge is 0.457 e. The summed E-state index contributed by atoms with van der Waals surface area (Å²) in [5.41, 5.74) is -1.34. The van der Waals surface area contributed by atoms with Gasteiger partial charge in [-0.1, -0.05) is 0 Å². The predicted octanol–water partition coefficient (Wildman–Crippen LogP) is -0.998. The molecule has 61 valence electrons. The van der Waals surface area contributed by atoms with Crippen molar-refractivity contribution in [3.63, 3.8) is 0 Å². The fraction of sp³-hybridized carbons (Fsp3) is 0.714. The Balaban J connectivity index is 2.24. The van der Waals surface area contributed by atoms with E-state index in [1.165, 1.54) is 6.42 Å². The quantitative estimate of drug-likeness (QED) is 0.443. The highest BCUT2D eigenvalue weighted by atomic mass is 16.6. The highest BCUT2D eigenvalue weighted by Gasteiger charge is 2.53. The Morgan fingerprint density at radius 3 is 3.09 bits per heavy atom. The summed E-state index contributed by atoms with van der Waals surface area (Å²) >= 11 is 0. The van der Waals surface area contributed by atoms with Crippen LogP contribution < -0.4 is 0 Å². The number of carbonyl (C=O) groups is 1. The van der Waals surface area contributed by atoms with E-state index < -0.39 is 23.8 Å². The van der Waals surface area contributed by atoms with Crippen LogP contribution in [-0.2, 0) is 9.53 Å². The zero-order chi connectivity index (χ0) is 8.06. The van der Waals surface area contributed by atoms with Crippen molar-refractivity contribution in [3.8, 4) is 0 Å². The van der Waals surface area contributed by atoms with E-state index in [0.29, 0.717) is 0 Å². The monoisotopic (exact) mass is 157 g/mol. The summed E-state index contributed by atoms with van der Waals surface area (Å²) in [5, 5.41) is 18.7. The first kappa shape index (κ1) is 7.06. The molecule has 4 heteroatoms. The molecule has 1 heterocycles. The molecule has 1 radical (unpaired) electrons. The molecule has 4 nitrogen and oxygen atoms in total. The molecule has 2 N–H and O–H groups in total. The molecule has 0 unspecified atom stereocenters. The van der Waals surface area contributed by atoms with Crippen LogP contribution >= 0.6 is 0 Å². The lowest BCUT2D eigenvalue weighted by atomic mass is 9.84. The van der Waals surface area contributed by atoms with Crippen molar-refractivity contribution in [1.82, 2.24) is 0 Å². The molecule has 0 aromatic heterocycles. The third-order valence-corrected chi connectivity index (χ3v) is 2.26. The molecule has 0 amide bonds. The number of hydrogen-bond acceptors (Lipinski definition) is 4. The Labute approximate surface area is 63.8 Å². The lowest BCUT2D eigenvalue weighted by Gasteiger charge is -2.24. The Hall–Kier alpha value is -0.610. The minimum absolute atomic E-state index is 0.198. The summed E-state index contributed by atoms with van der Waals surface area (Å²) in [7, 11) is 0. The second kappa shape index (κ2) is 1.95. The van der Waals surface area contributed by atoms with Gasteiger partial charge in [-0.25, -0.2) is 4.79 Å². The SMILES string of the molecule is O=C1O[C@@H]2C[C@]1(O)C[CH][C@H]2O. The van der Waals surface area contributed by atoms with Crippen molar-refractivity contribution < 1.29 is 19.7 Å². The van der Waals surface area contributed by atoms with Gasteiger partial charge in [0.1, 0.15) is 6.10 Å². The van der Waals surface area contributed by atoms with E-state index in [9.17, 15) is 15.0 Å². The fourth-order valence-corrected chi connectivity index (χ4v) is 1.53. The number of fused-ring (bicyclic) bond motifs is 2. The molecule has 2 aliphatic rings. The van der Waals surface area contributed by atoms with Gasteiger partial charge in [-0.05, 0) is 12.8 Å². The number of aliphatic hydroxyl groups is 2. The molecule has 1 saturated heterocycles. The molecule has 1 saturated carbocycles. The van der Waals surface area contributed by atoms with Gasteiger partial charge in [0.05, 0.1) is 6.10 Å². The van der Waals surface area contributed by atoms with E-state index in [-0.39, 0.29) is 12.8 Å². The summed E-state index contributed by atoms with van der Waals surface area (Å²) in [6.45, 7) is 0. The van der Waals surface area contributed by atoms with Gasteiger partial charge in [-0.15, -0.1) is 0 Å². The summed E-state index contributed by atoms with van der Waals surface area (Å²) < 4.78 is 4.73. The molecule has 3 atom stereocenters. The van der Waals surface area contributed by atoms with Crippen molar-refractivity contribution in [2.45, 2.75) is 30.7 Å². The van der Waals surface area contributed by atoms with Gasteiger partial charge in [-0.3, -0.25) is 0 Å². The van der Waals surface area contributed by atoms with E-state index in [2.05, 4.69) is 0 Å². The topological polar surface area (TPSA) is 66.8 Å². The molecule has 0 aromatic carbocycles. The number of esters is 1. The lowest BCUT2D eigenvalue weighted by molar-refractivity contribution is -0.154. The smallest absolute Gasteiger partial charge is 0.338 e. The van der Waals surface area contributed by atoms with Crippen molar-refractivity contribution in [2.24, 2.45) is 0 Å². The molecular formula is C7H9O4. The van der Waals surface area contributed by atoms with E-state index in [4.69, 9.17) is 4.74 Å². The molecular weight excluding hydrogens is 148 g/mol.